The van der Waals surface area contributed by atoms with Gasteiger partial charge in [0.2, 0.25) is 0 Å². The molecule has 1 rings (SSSR count). The number of benzene rings is 1. The normalized spacial score (nSPS) is 11.4. The molecule has 0 saturated carbocycles. The highest BCUT2D eigenvalue weighted by Crippen LogP contribution is 2.16. The first-order valence-electron chi connectivity index (χ1n) is 5.58. The zero-order chi connectivity index (χ0) is 14.5. The minimum Gasteiger partial charge on any atom is -0.389 e. The lowest BCUT2D eigenvalue weighted by Crippen LogP contribution is -2.20. The van der Waals surface area contributed by atoms with Crippen molar-refractivity contribution in [1.82, 2.24) is 0 Å². The van der Waals surface area contributed by atoms with Crippen molar-refractivity contribution in [2.45, 2.75) is 13.1 Å². The number of nitrogens with one attached hydrogen (secondary N) is 1. The Morgan fingerprint density at radius 2 is 2.11 bits per heavy atom. The monoisotopic (exact) mass is 292 g/mol. The number of hydrogen-bond acceptors (Lipinski definition) is 3. The van der Waals surface area contributed by atoms with Gasteiger partial charge < -0.3 is 15.8 Å². The molecule has 0 unspecified atom stereocenters. The predicted molar refractivity (Wildman–Crippen MR) is 72.4 cm³/mol. The zero-order valence-electron chi connectivity index (χ0n) is 10.4. The molecule has 0 aliphatic heterocycles. The van der Waals surface area contributed by atoms with Crippen LogP contribution in [0.2, 0.25) is 0 Å². The van der Waals surface area contributed by atoms with Crippen LogP contribution in [0, 0.1) is 6.92 Å². The molecule has 1 aromatic rings. The van der Waals surface area contributed by atoms with Gasteiger partial charge in [0.05, 0.1) is 6.61 Å². The van der Waals surface area contributed by atoms with E-state index in [1.165, 1.54) is 0 Å². The summed E-state index contributed by atoms with van der Waals surface area (Å²) in [6.45, 7) is 0.908. The number of rotatable bonds is 6. The van der Waals surface area contributed by atoms with Gasteiger partial charge in [-0.1, -0.05) is 12.2 Å². The largest absolute Gasteiger partial charge is 0.411 e. The third-order valence-electron chi connectivity index (χ3n) is 2.33. The van der Waals surface area contributed by atoms with E-state index in [1.54, 1.807) is 12.1 Å². The van der Waals surface area contributed by atoms with E-state index in [0.29, 0.717) is 11.5 Å². The molecule has 3 N–H and O–H groups in total. The first-order chi connectivity index (χ1) is 8.79. The minimum atomic E-state index is -4.28. The summed E-state index contributed by atoms with van der Waals surface area (Å²) in [6, 6.07) is 5.38. The van der Waals surface area contributed by atoms with Crippen LogP contribution in [-0.4, -0.2) is 30.9 Å². The quantitative estimate of drug-likeness (QED) is 0.625. The molecule has 0 aliphatic rings. The molecular formula is C12H15F3N2OS. The number of alkyl halides is 3. The number of ether oxygens (including phenoxy) is 1. The molecule has 0 saturated heterocycles. The van der Waals surface area contributed by atoms with Crippen molar-refractivity contribution < 1.29 is 17.9 Å². The third-order valence-corrected chi connectivity index (χ3v) is 2.55. The van der Waals surface area contributed by atoms with Crippen molar-refractivity contribution in [2.24, 2.45) is 5.73 Å². The van der Waals surface area contributed by atoms with Crippen molar-refractivity contribution >= 4 is 22.9 Å². The fourth-order valence-corrected chi connectivity index (χ4v) is 1.73. The van der Waals surface area contributed by atoms with E-state index in [2.05, 4.69) is 10.1 Å². The average molecular weight is 292 g/mol. The molecule has 0 atom stereocenters. The van der Waals surface area contributed by atoms with Crippen LogP contribution in [0.5, 0.6) is 0 Å². The molecular weight excluding hydrogens is 277 g/mol. The zero-order valence-corrected chi connectivity index (χ0v) is 11.2. The third kappa shape index (κ3) is 5.89. The van der Waals surface area contributed by atoms with E-state index in [-0.39, 0.29) is 6.61 Å². The summed E-state index contributed by atoms with van der Waals surface area (Å²) in [7, 11) is 0. The summed E-state index contributed by atoms with van der Waals surface area (Å²) in [5.74, 6) is 0. The Kier molecular flexibility index (Phi) is 5.56. The van der Waals surface area contributed by atoms with Gasteiger partial charge >= 0.3 is 6.18 Å². The summed E-state index contributed by atoms with van der Waals surface area (Å²) < 4.78 is 39.9. The van der Waals surface area contributed by atoms with E-state index in [4.69, 9.17) is 18.0 Å². The van der Waals surface area contributed by atoms with E-state index in [0.717, 1.165) is 16.8 Å². The molecule has 106 valence electrons. The van der Waals surface area contributed by atoms with Crippen LogP contribution in [0.1, 0.15) is 11.1 Å². The Morgan fingerprint density at radius 1 is 1.42 bits per heavy atom. The van der Waals surface area contributed by atoms with Gasteiger partial charge in [-0.3, -0.25) is 0 Å². The minimum absolute atomic E-state index is 0.0182. The maximum atomic E-state index is 11.8. The van der Waals surface area contributed by atoms with Crippen molar-refractivity contribution in [3.63, 3.8) is 0 Å². The lowest BCUT2D eigenvalue weighted by atomic mass is 10.1. The van der Waals surface area contributed by atoms with Crippen molar-refractivity contribution in [2.75, 3.05) is 25.1 Å². The molecule has 7 heteroatoms. The average Bonchev–Trinajstić information content (AvgIpc) is 2.26. The predicted octanol–water partition coefficient (Wildman–Crippen LogP) is 2.62. The highest BCUT2D eigenvalue weighted by molar-refractivity contribution is 7.80. The lowest BCUT2D eigenvalue weighted by molar-refractivity contribution is -0.172. The maximum Gasteiger partial charge on any atom is 0.411 e. The van der Waals surface area contributed by atoms with Gasteiger partial charge in [0.15, 0.2) is 0 Å². The van der Waals surface area contributed by atoms with Crippen molar-refractivity contribution in [1.29, 1.82) is 0 Å². The number of nitrogens with two attached hydrogens (primary N) is 1. The molecule has 0 heterocycles. The fourth-order valence-electron chi connectivity index (χ4n) is 1.51. The SMILES string of the molecule is Cc1cc(NCCOCC(F)(F)F)ccc1C(N)=S. The van der Waals surface area contributed by atoms with Gasteiger partial charge in [-0.05, 0) is 30.7 Å². The fraction of sp³-hybridized carbons (Fsp3) is 0.417. The molecule has 0 fully saturated rings. The molecule has 19 heavy (non-hydrogen) atoms. The van der Waals surface area contributed by atoms with Gasteiger partial charge in [-0.25, -0.2) is 0 Å². The number of aryl methyl sites for hydroxylation is 1. The summed E-state index contributed by atoms with van der Waals surface area (Å²) >= 11 is 4.88. The smallest absolute Gasteiger partial charge is 0.389 e. The Balaban J connectivity index is 2.38. The highest BCUT2D eigenvalue weighted by atomic mass is 32.1. The van der Waals surface area contributed by atoms with E-state index < -0.39 is 12.8 Å². The number of thiocarbonyl (C=S) groups is 1. The van der Waals surface area contributed by atoms with Crippen LogP contribution < -0.4 is 11.1 Å². The number of halogens is 3. The first kappa shape index (κ1) is 15.7. The van der Waals surface area contributed by atoms with Crippen LogP contribution in [0.25, 0.3) is 0 Å². The Labute approximate surface area is 114 Å². The second-order valence-electron chi connectivity index (χ2n) is 3.99. The molecule has 0 radical (unpaired) electrons. The Morgan fingerprint density at radius 3 is 2.63 bits per heavy atom. The highest BCUT2D eigenvalue weighted by Gasteiger charge is 2.27. The van der Waals surface area contributed by atoms with E-state index in [9.17, 15) is 13.2 Å². The molecule has 0 aliphatic carbocycles. The lowest BCUT2D eigenvalue weighted by Gasteiger charge is -2.11. The van der Waals surface area contributed by atoms with Crippen LogP contribution in [0.4, 0.5) is 18.9 Å². The maximum absolute atomic E-state index is 11.8. The molecule has 0 aromatic heterocycles. The van der Waals surface area contributed by atoms with Gasteiger partial charge in [0, 0.05) is 17.8 Å². The van der Waals surface area contributed by atoms with Gasteiger partial charge in [0.25, 0.3) is 0 Å². The van der Waals surface area contributed by atoms with Crippen LogP contribution >= 0.6 is 12.2 Å². The molecule has 1 aromatic carbocycles. The number of hydrogen-bond donors (Lipinski definition) is 2. The van der Waals surface area contributed by atoms with Crippen LogP contribution in [0.15, 0.2) is 18.2 Å². The van der Waals surface area contributed by atoms with Gasteiger partial charge in [-0.2, -0.15) is 13.2 Å². The van der Waals surface area contributed by atoms with E-state index in [1.807, 2.05) is 13.0 Å². The summed E-state index contributed by atoms with van der Waals surface area (Å²) in [5, 5.41) is 2.96. The summed E-state index contributed by atoms with van der Waals surface area (Å²) in [5.41, 5.74) is 8.01. The molecule has 0 spiro atoms. The van der Waals surface area contributed by atoms with Crippen molar-refractivity contribution in [3.05, 3.63) is 29.3 Å². The van der Waals surface area contributed by atoms with E-state index >= 15 is 0 Å². The topological polar surface area (TPSA) is 47.3 Å². The second kappa shape index (κ2) is 6.72. The van der Waals surface area contributed by atoms with Gasteiger partial charge in [-0.15, -0.1) is 0 Å². The summed E-state index contributed by atoms with van der Waals surface area (Å²) in [6.07, 6.45) is -4.28. The molecule has 3 nitrogen and oxygen atoms in total. The first-order valence-corrected chi connectivity index (χ1v) is 5.99. The molecule has 0 bridgehead atoms. The second-order valence-corrected chi connectivity index (χ2v) is 4.43. The Bertz CT molecular complexity index is 449. The standard InChI is InChI=1S/C12H15F3N2OS/c1-8-6-9(2-3-10(8)11(16)19)17-4-5-18-7-12(13,14)15/h2-3,6,17H,4-5,7H2,1H3,(H2,16,19). The summed E-state index contributed by atoms with van der Waals surface area (Å²) in [4.78, 5) is 0.317. The van der Waals surface area contributed by atoms with Gasteiger partial charge in [0.1, 0.15) is 11.6 Å². The van der Waals surface area contributed by atoms with Crippen LogP contribution in [0.3, 0.4) is 0 Å². The Hall–Kier alpha value is -1.34. The molecule has 0 amide bonds. The number of anilines is 1. The van der Waals surface area contributed by atoms with Crippen LogP contribution in [-0.2, 0) is 4.74 Å². The van der Waals surface area contributed by atoms with Crippen molar-refractivity contribution in [3.8, 4) is 0 Å².